The molecule has 0 aliphatic heterocycles. The first kappa shape index (κ1) is 14.7. The topological polar surface area (TPSA) is 57.8 Å². The first-order valence-electron chi connectivity index (χ1n) is 7.61. The molecule has 0 saturated heterocycles. The van der Waals surface area contributed by atoms with Crippen molar-refractivity contribution in [2.45, 2.75) is 6.92 Å². The van der Waals surface area contributed by atoms with Crippen molar-refractivity contribution in [3.05, 3.63) is 75.9 Å². The molecule has 118 valence electrons. The number of hydrogen-bond donors (Lipinski definition) is 2. The van der Waals surface area contributed by atoms with Crippen molar-refractivity contribution < 1.29 is 0 Å². The van der Waals surface area contributed by atoms with Crippen LogP contribution in [0.2, 0.25) is 0 Å². The van der Waals surface area contributed by atoms with Gasteiger partial charge in [-0.25, -0.2) is 4.98 Å². The van der Waals surface area contributed by atoms with Gasteiger partial charge in [0.1, 0.15) is 0 Å². The predicted octanol–water partition coefficient (Wildman–Crippen LogP) is 4.70. The lowest BCUT2D eigenvalue weighted by atomic mass is 10.1. The molecule has 0 radical (unpaired) electrons. The highest BCUT2D eigenvalue weighted by Crippen LogP contribution is 2.27. The smallest absolute Gasteiger partial charge is 0.257 e. The van der Waals surface area contributed by atoms with Crippen molar-refractivity contribution in [2.24, 2.45) is 0 Å². The molecule has 2 aromatic heterocycles. The van der Waals surface area contributed by atoms with Crippen LogP contribution in [0, 0.1) is 6.92 Å². The third kappa shape index (κ3) is 2.70. The number of benzene rings is 2. The Kier molecular flexibility index (Phi) is 3.63. The number of pyridine rings is 1. The summed E-state index contributed by atoms with van der Waals surface area (Å²) < 4.78 is 0. The zero-order valence-electron chi connectivity index (χ0n) is 13.0. The molecule has 0 unspecified atom stereocenters. The number of H-pyrrole nitrogens is 1. The average Bonchev–Trinajstić information content (AvgIpc) is 3.04. The second-order valence-electron chi connectivity index (χ2n) is 5.58. The zero-order chi connectivity index (χ0) is 16.5. The molecule has 0 atom stereocenters. The second kappa shape index (κ2) is 5.94. The normalized spacial score (nSPS) is 10.9. The largest absolute Gasteiger partial charge is 0.331 e. The number of thiazole rings is 1. The molecule has 4 nitrogen and oxygen atoms in total. The summed E-state index contributed by atoms with van der Waals surface area (Å²) in [6.07, 6.45) is 0. The first-order chi connectivity index (χ1) is 11.7. The van der Waals surface area contributed by atoms with Crippen LogP contribution in [0.25, 0.3) is 22.2 Å². The number of nitrogens with zero attached hydrogens (tertiary/aromatic N) is 1. The first-order valence-corrected chi connectivity index (χ1v) is 8.49. The second-order valence-corrected chi connectivity index (χ2v) is 6.44. The van der Waals surface area contributed by atoms with Gasteiger partial charge in [0.15, 0.2) is 5.13 Å². The van der Waals surface area contributed by atoms with E-state index in [2.05, 4.69) is 15.3 Å². The summed E-state index contributed by atoms with van der Waals surface area (Å²) in [7, 11) is 0. The van der Waals surface area contributed by atoms with Crippen molar-refractivity contribution in [2.75, 3.05) is 5.32 Å². The summed E-state index contributed by atoms with van der Waals surface area (Å²) >= 11 is 1.49. The minimum absolute atomic E-state index is 0.124. The standard InChI is InChI=1S/C19H15N3OS/c1-12-6-2-4-8-15(12)21-19-22-17(11-24-19)14-10-13-7-3-5-9-16(13)20-18(14)23/h2-11H,1H3,(H,20,23)(H,21,22). The highest BCUT2D eigenvalue weighted by atomic mass is 32.1. The number of fused-ring (bicyclic) bond motifs is 1. The molecule has 5 heteroatoms. The van der Waals surface area contributed by atoms with Crippen LogP contribution in [0.1, 0.15) is 5.56 Å². The van der Waals surface area contributed by atoms with E-state index in [9.17, 15) is 4.79 Å². The summed E-state index contributed by atoms with van der Waals surface area (Å²) in [5.74, 6) is 0. The lowest BCUT2D eigenvalue weighted by Crippen LogP contribution is -2.08. The highest BCUT2D eigenvalue weighted by Gasteiger charge is 2.10. The fourth-order valence-electron chi connectivity index (χ4n) is 2.62. The Bertz CT molecular complexity index is 1080. The van der Waals surface area contributed by atoms with Gasteiger partial charge in [-0.2, -0.15) is 0 Å². The van der Waals surface area contributed by atoms with Gasteiger partial charge in [-0.3, -0.25) is 4.79 Å². The third-order valence-corrected chi connectivity index (χ3v) is 4.68. The molecule has 4 rings (SSSR count). The molecule has 0 bridgehead atoms. The minimum Gasteiger partial charge on any atom is -0.331 e. The van der Waals surface area contributed by atoms with Gasteiger partial charge >= 0.3 is 0 Å². The maximum absolute atomic E-state index is 12.3. The number of aromatic nitrogens is 2. The molecule has 24 heavy (non-hydrogen) atoms. The van der Waals surface area contributed by atoms with E-state index in [0.29, 0.717) is 11.3 Å². The number of rotatable bonds is 3. The molecule has 2 heterocycles. The van der Waals surface area contributed by atoms with Crippen molar-refractivity contribution in [3.63, 3.8) is 0 Å². The van der Waals surface area contributed by atoms with Crippen molar-refractivity contribution >= 4 is 33.1 Å². The molecule has 4 aromatic rings. The monoisotopic (exact) mass is 333 g/mol. The zero-order valence-corrected chi connectivity index (χ0v) is 13.9. The van der Waals surface area contributed by atoms with Crippen LogP contribution in [0.5, 0.6) is 0 Å². The van der Waals surface area contributed by atoms with Crippen LogP contribution < -0.4 is 10.9 Å². The molecule has 0 aliphatic rings. The Morgan fingerprint density at radius 3 is 2.75 bits per heavy atom. The van der Waals surface area contributed by atoms with E-state index >= 15 is 0 Å². The molecule has 2 N–H and O–H groups in total. The van der Waals surface area contributed by atoms with Gasteiger partial charge in [0.25, 0.3) is 5.56 Å². The Morgan fingerprint density at radius 2 is 1.88 bits per heavy atom. The van der Waals surface area contributed by atoms with Crippen molar-refractivity contribution in [1.82, 2.24) is 9.97 Å². The lowest BCUT2D eigenvalue weighted by Gasteiger charge is -2.05. The number of aryl methyl sites for hydroxylation is 1. The molecule has 0 spiro atoms. The number of anilines is 2. The Balaban J connectivity index is 1.71. The van der Waals surface area contributed by atoms with E-state index in [0.717, 1.165) is 27.3 Å². The minimum atomic E-state index is -0.124. The van der Waals surface area contributed by atoms with Crippen LogP contribution in [0.4, 0.5) is 10.8 Å². The summed E-state index contributed by atoms with van der Waals surface area (Å²) in [6, 6.07) is 17.7. The maximum Gasteiger partial charge on any atom is 0.257 e. The van der Waals surface area contributed by atoms with Gasteiger partial charge in [0.2, 0.25) is 0 Å². The van der Waals surface area contributed by atoms with Gasteiger partial charge < -0.3 is 10.3 Å². The van der Waals surface area contributed by atoms with Crippen molar-refractivity contribution in [1.29, 1.82) is 0 Å². The number of nitrogens with one attached hydrogen (secondary N) is 2. The molecular formula is C19H15N3OS. The number of hydrogen-bond acceptors (Lipinski definition) is 4. The maximum atomic E-state index is 12.3. The summed E-state index contributed by atoms with van der Waals surface area (Å²) in [5, 5.41) is 6.98. The fraction of sp³-hybridized carbons (Fsp3) is 0.0526. The van der Waals surface area contributed by atoms with Gasteiger partial charge in [-0.05, 0) is 36.1 Å². The molecule has 0 saturated carbocycles. The molecule has 0 fully saturated rings. The van der Waals surface area contributed by atoms with Crippen LogP contribution in [-0.2, 0) is 0 Å². The molecule has 2 aromatic carbocycles. The summed E-state index contributed by atoms with van der Waals surface area (Å²) in [5.41, 5.74) is 4.15. The Labute approximate surface area is 142 Å². The molecular weight excluding hydrogens is 318 g/mol. The Hall–Kier alpha value is -2.92. The van der Waals surface area contributed by atoms with Crippen LogP contribution in [-0.4, -0.2) is 9.97 Å². The molecule has 0 aliphatic carbocycles. The van der Waals surface area contributed by atoms with Crippen molar-refractivity contribution in [3.8, 4) is 11.3 Å². The lowest BCUT2D eigenvalue weighted by molar-refractivity contribution is 1.28. The van der Waals surface area contributed by atoms with Gasteiger partial charge in [-0.1, -0.05) is 36.4 Å². The van der Waals surface area contributed by atoms with Crippen LogP contribution in [0.15, 0.2) is 64.8 Å². The van der Waals surface area contributed by atoms with Gasteiger partial charge in [0, 0.05) is 16.6 Å². The molecule has 0 amide bonds. The third-order valence-electron chi connectivity index (χ3n) is 3.92. The number of aromatic amines is 1. The van der Waals surface area contributed by atoms with E-state index in [-0.39, 0.29) is 5.56 Å². The number of para-hydroxylation sites is 2. The average molecular weight is 333 g/mol. The van der Waals surface area contributed by atoms with E-state index in [4.69, 9.17) is 0 Å². The summed E-state index contributed by atoms with van der Waals surface area (Å²) in [6.45, 7) is 2.05. The van der Waals surface area contributed by atoms with Gasteiger partial charge in [-0.15, -0.1) is 11.3 Å². The van der Waals surface area contributed by atoms with Crippen LogP contribution >= 0.6 is 11.3 Å². The highest BCUT2D eigenvalue weighted by molar-refractivity contribution is 7.14. The van der Waals surface area contributed by atoms with E-state index in [1.165, 1.54) is 11.3 Å². The van der Waals surface area contributed by atoms with E-state index in [1.807, 2.05) is 66.9 Å². The van der Waals surface area contributed by atoms with E-state index in [1.54, 1.807) is 0 Å². The predicted molar refractivity (Wildman–Crippen MR) is 100 cm³/mol. The fourth-order valence-corrected chi connectivity index (χ4v) is 3.34. The van der Waals surface area contributed by atoms with Crippen LogP contribution in [0.3, 0.4) is 0 Å². The van der Waals surface area contributed by atoms with Gasteiger partial charge in [0.05, 0.1) is 11.3 Å². The van der Waals surface area contributed by atoms with E-state index < -0.39 is 0 Å². The summed E-state index contributed by atoms with van der Waals surface area (Å²) in [4.78, 5) is 19.8. The quantitative estimate of drug-likeness (QED) is 0.571. The Morgan fingerprint density at radius 1 is 1.08 bits per heavy atom. The SMILES string of the molecule is Cc1ccccc1Nc1nc(-c2cc3ccccc3[nH]c2=O)cs1.